The number of amides is 1. The van der Waals surface area contributed by atoms with Crippen LogP contribution < -0.4 is 14.4 Å². The number of carbonyl (C=O) groups is 1. The van der Waals surface area contributed by atoms with Crippen LogP contribution in [-0.2, 0) is 11.4 Å². The number of rotatable bonds is 4. The number of ether oxygens (including phenoxy) is 2. The maximum absolute atomic E-state index is 12.5. The summed E-state index contributed by atoms with van der Waals surface area (Å²) in [5.74, 6) is 0.933. The molecule has 0 aromatic heterocycles. The van der Waals surface area contributed by atoms with Crippen LogP contribution in [0.3, 0.4) is 0 Å². The standard InChI is InChI=1S/C18H19NO4/c1-12(14-6-4-3-5-7-14)19-15-8-13(10-20)9-16(22-2)18(15)23-11-17(19)21/h3-9,12,20H,10-11H2,1-2H3. The van der Waals surface area contributed by atoms with E-state index in [4.69, 9.17) is 9.47 Å². The summed E-state index contributed by atoms with van der Waals surface area (Å²) in [6.07, 6.45) is 0. The van der Waals surface area contributed by atoms with E-state index >= 15 is 0 Å². The zero-order valence-corrected chi connectivity index (χ0v) is 13.2. The highest BCUT2D eigenvalue weighted by Crippen LogP contribution is 2.44. The van der Waals surface area contributed by atoms with E-state index < -0.39 is 0 Å². The highest BCUT2D eigenvalue weighted by molar-refractivity contribution is 5.99. The third-order valence-corrected chi connectivity index (χ3v) is 4.04. The van der Waals surface area contributed by atoms with Crippen LogP contribution in [0, 0.1) is 0 Å². The highest BCUT2D eigenvalue weighted by Gasteiger charge is 2.32. The predicted octanol–water partition coefficient (Wildman–Crippen LogP) is 2.67. The van der Waals surface area contributed by atoms with Gasteiger partial charge in [0, 0.05) is 0 Å². The number of aliphatic hydroxyl groups excluding tert-OH is 1. The van der Waals surface area contributed by atoms with Crippen LogP contribution in [0.2, 0.25) is 0 Å². The average molecular weight is 313 g/mol. The number of nitrogens with zero attached hydrogens (tertiary/aromatic N) is 1. The van der Waals surface area contributed by atoms with Crippen molar-refractivity contribution >= 4 is 11.6 Å². The van der Waals surface area contributed by atoms with Gasteiger partial charge in [0.15, 0.2) is 18.1 Å². The van der Waals surface area contributed by atoms with E-state index in [-0.39, 0.29) is 25.2 Å². The van der Waals surface area contributed by atoms with Gasteiger partial charge in [-0.2, -0.15) is 0 Å². The van der Waals surface area contributed by atoms with Crippen LogP contribution >= 0.6 is 0 Å². The summed E-state index contributed by atoms with van der Waals surface area (Å²) in [6.45, 7) is 1.81. The largest absolute Gasteiger partial charge is 0.493 e. The van der Waals surface area contributed by atoms with Crippen LogP contribution in [0.1, 0.15) is 24.1 Å². The minimum absolute atomic E-state index is 0.0288. The topological polar surface area (TPSA) is 59.0 Å². The van der Waals surface area contributed by atoms with Gasteiger partial charge >= 0.3 is 0 Å². The van der Waals surface area contributed by atoms with Gasteiger partial charge in [0.05, 0.1) is 25.4 Å². The second-order valence-electron chi connectivity index (χ2n) is 5.44. The summed E-state index contributed by atoms with van der Waals surface area (Å²) in [4.78, 5) is 14.2. The minimum atomic E-state index is -0.148. The molecule has 5 nitrogen and oxygen atoms in total. The SMILES string of the molecule is COc1cc(CO)cc2c1OCC(=O)N2C(C)c1ccccc1. The fourth-order valence-corrected chi connectivity index (χ4v) is 2.85. The van der Waals surface area contributed by atoms with Crippen LogP contribution in [0.15, 0.2) is 42.5 Å². The molecule has 0 saturated heterocycles. The first-order chi connectivity index (χ1) is 11.2. The molecule has 120 valence electrons. The zero-order chi connectivity index (χ0) is 16.4. The Morgan fingerprint density at radius 3 is 2.70 bits per heavy atom. The second kappa shape index (κ2) is 6.30. The Kier molecular flexibility index (Phi) is 4.21. The summed E-state index contributed by atoms with van der Waals surface area (Å²) in [5, 5.41) is 9.47. The van der Waals surface area contributed by atoms with Crippen LogP contribution in [0.5, 0.6) is 11.5 Å². The lowest BCUT2D eigenvalue weighted by Crippen LogP contribution is -2.40. The number of fused-ring (bicyclic) bond motifs is 1. The summed E-state index contributed by atoms with van der Waals surface area (Å²) in [5.41, 5.74) is 2.33. The van der Waals surface area contributed by atoms with E-state index in [1.54, 1.807) is 24.1 Å². The molecule has 1 aliphatic heterocycles. The van der Waals surface area contributed by atoms with Crippen molar-refractivity contribution in [1.29, 1.82) is 0 Å². The Morgan fingerprint density at radius 1 is 1.30 bits per heavy atom. The normalized spacial score (nSPS) is 14.9. The molecule has 3 rings (SSSR count). The van der Waals surface area contributed by atoms with Crippen molar-refractivity contribution in [1.82, 2.24) is 0 Å². The number of methoxy groups -OCH3 is 1. The van der Waals surface area contributed by atoms with E-state index in [9.17, 15) is 9.90 Å². The van der Waals surface area contributed by atoms with E-state index in [2.05, 4.69) is 0 Å². The highest BCUT2D eigenvalue weighted by atomic mass is 16.5. The molecule has 2 aromatic rings. The first-order valence-corrected chi connectivity index (χ1v) is 7.47. The lowest BCUT2D eigenvalue weighted by atomic mass is 10.0. The number of aliphatic hydroxyl groups is 1. The minimum Gasteiger partial charge on any atom is -0.493 e. The molecule has 23 heavy (non-hydrogen) atoms. The van der Waals surface area contributed by atoms with Crippen LogP contribution in [0.4, 0.5) is 5.69 Å². The van der Waals surface area contributed by atoms with Gasteiger partial charge in [-0.1, -0.05) is 30.3 Å². The van der Waals surface area contributed by atoms with Crippen molar-refractivity contribution < 1.29 is 19.4 Å². The zero-order valence-electron chi connectivity index (χ0n) is 13.2. The molecule has 5 heteroatoms. The summed E-state index contributed by atoms with van der Waals surface area (Å²) in [7, 11) is 1.54. The number of hydrogen-bond donors (Lipinski definition) is 1. The van der Waals surface area contributed by atoms with Crippen molar-refractivity contribution in [2.75, 3.05) is 18.6 Å². The lowest BCUT2D eigenvalue weighted by Gasteiger charge is -2.35. The maximum atomic E-state index is 12.5. The molecule has 0 radical (unpaired) electrons. The Morgan fingerprint density at radius 2 is 2.04 bits per heavy atom. The van der Waals surface area contributed by atoms with E-state index in [1.165, 1.54) is 0 Å². The number of carbonyl (C=O) groups excluding carboxylic acids is 1. The molecule has 2 aromatic carbocycles. The molecule has 0 saturated carbocycles. The molecule has 1 heterocycles. The number of hydrogen-bond acceptors (Lipinski definition) is 4. The van der Waals surface area contributed by atoms with Gasteiger partial charge in [-0.3, -0.25) is 9.69 Å². The van der Waals surface area contributed by atoms with Gasteiger partial charge in [0.25, 0.3) is 5.91 Å². The first kappa shape index (κ1) is 15.4. The molecule has 1 aliphatic rings. The van der Waals surface area contributed by atoms with Crippen molar-refractivity contribution in [3.8, 4) is 11.5 Å². The Labute approximate surface area is 135 Å². The fourth-order valence-electron chi connectivity index (χ4n) is 2.85. The molecule has 1 atom stereocenters. The lowest BCUT2D eigenvalue weighted by molar-refractivity contribution is -0.121. The van der Waals surface area contributed by atoms with E-state index in [0.29, 0.717) is 22.7 Å². The Bertz CT molecular complexity index is 714. The molecular formula is C18H19NO4. The third kappa shape index (κ3) is 2.75. The summed E-state index contributed by atoms with van der Waals surface area (Å²) in [6, 6.07) is 13.2. The number of benzene rings is 2. The van der Waals surface area contributed by atoms with Gasteiger partial charge in [0.1, 0.15) is 0 Å². The molecule has 1 amide bonds. The second-order valence-corrected chi connectivity index (χ2v) is 5.44. The summed E-state index contributed by atoms with van der Waals surface area (Å²) >= 11 is 0. The molecule has 0 aliphatic carbocycles. The molecule has 1 N–H and O–H groups in total. The van der Waals surface area contributed by atoms with Crippen molar-refractivity contribution in [2.45, 2.75) is 19.6 Å². The molecule has 0 bridgehead atoms. The quantitative estimate of drug-likeness (QED) is 0.943. The first-order valence-electron chi connectivity index (χ1n) is 7.47. The van der Waals surface area contributed by atoms with Gasteiger partial charge in [-0.15, -0.1) is 0 Å². The van der Waals surface area contributed by atoms with Gasteiger partial charge in [-0.05, 0) is 30.2 Å². The molecular weight excluding hydrogens is 294 g/mol. The van der Waals surface area contributed by atoms with Gasteiger partial charge in [-0.25, -0.2) is 0 Å². The Balaban J connectivity index is 2.11. The van der Waals surface area contributed by atoms with Crippen molar-refractivity contribution in [2.24, 2.45) is 0 Å². The fraction of sp³-hybridized carbons (Fsp3) is 0.278. The molecule has 0 spiro atoms. The predicted molar refractivity (Wildman–Crippen MR) is 86.8 cm³/mol. The molecule has 1 unspecified atom stereocenters. The summed E-state index contributed by atoms with van der Waals surface area (Å²) < 4.78 is 10.9. The van der Waals surface area contributed by atoms with E-state index in [1.807, 2.05) is 37.3 Å². The van der Waals surface area contributed by atoms with Crippen molar-refractivity contribution in [3.63, 3.8) is 0 Å². The van der Waals surface area contributed by atoms with E-state index in [0.717, 1.165) is 5.56 Å². The van der Waals surface area contributed by atoms with Crippen LogP contribution in [-0.4, -0.2) is 24.7 Å². The molecule has 0 fully saturated rings. The maximum Gasteiger partial charge on any atom is 0.265 e. The average Bonchev–Trinajstić information content (AvgIpc) is 2.60. The Hall–Kier alpha value is -2.53. The number of anilines is 1. The van der Waals surface area contributed by atoms with Gasteiger partial charge < -0.3 is 14.6 Å². The smallest absolute Gasteiger partial charge is 0.265 e. The third-order valence-electron chi connectivity index (χ3n) is 4.04. The van der Waals surface area contributed by atoms with Crippen molar-refractivity contribution in [3.05, 3.63) is 53.6 Å². The van der Waals surface area contributed by atoms with Gasteiger partial charge in [0.2, 0.25) is 0 Å². The monoisotopic (exact) mass is 313 g/mol. The van der Waals surface area contributed by atoms with Crippen LogP contribution in [0.25, 0.3) is 0 Å².